The van der Waals surface area contributed by atoms with Crippen molar-refractivity contribution in [3.63, 3.8) is 0 Å². The third-order valence-electron chi connectivity index (χ3n) is 3.28. The number of ether oxygens (including phenoxy) is 1. The lowest BCUT2D eigenvalue weighted by molar-refractivity contribution is -0.148. The number of esters is 1. The standard InChI is InChI=1S/C16H18FNO2S/c1-5-20-15(19)16(3,4)13-9-21-14(18-13)11-8-10(2)6-7-12(11)17/h6-9H,5H2,1-4H3. The van der Waals surface area contributed by atoms with Crippen molar-refractivity contribution >= 4 is 17.3 Å². The Morgan fingerprint density at radius 2 is 2.14 bits per heavy atom. The van der Waals surface area contributed by atoms with Crippen LogP contribution in [0.15, 0.2) is 23.6 Å². The van der Waals surface area contributed by atoms with Crippen LogP contribution >= 0.6 is 11.3 Å². The molecule has 0 unspecified atom stereocenters. The number of carbonyl (C=O) groups excluding carboxylic acids is 1. The third kappa shape index (κ3) is 3.13. The molecule has 0 saturated carbocycles. The summed E-state index contributed by atoms with van der Waals surface area (Å²) in [6.45, 7) is 7.52. The first-order valence-electron chi connectivity index (χ1n) is 6.76. The molecule has 1 heterocycles. The van der Waals surface area contributed by atoms with E-state index < -0.39 is 5.41 Å². The number of benzene rings is 1. The predicted octanol–water partition coefficient (Wildman–Crippen LogP) is 4.10. The minimum absolute atomic E-state index is 0.310. The molecule has 112 valence electrons. The number of aromatic nitrogens is 1. The maximum absolute atomic E-state index is 13.9. The molecule has 0 fully saturated rings. The minimum Gasteiger partial charge on any atom is -0.465 e. The molecule has 0 aliphatic carbocycles. The molecule has 0 radical (unpaired) electrons. The lowest BCUT2D eigenvalue weighted by atomic mass is 9.90. The van der Waals surface area contributed by atoms with Gasteiger partial charge in [-0.25, -0.2) is 9.37 Å². The monoisotopic (exact) mass is 307 g/mol. The van der Waals surface area contributed by atoms with Crippen molar-refractivity contribution in [3.05, 3.63) is 40.7 Å². The number of nitrogens with zero attached hydrogens (tertiary/aromatic N) is 1. The van der Waals surface area contributed by atoms with Crippen molar-refractivity contribution in [2.24, 2.45) is 0 Å². The lowest BCUT2D eigenvalue weighted by Gasteiger charge is -2.19. The van der Waals surface area contributed by atoms with Gasteiger partial charge < -0.3 is 4.74 Å². The highest BCUT2D eigenvalue weighted by atomic mass is 32.1. The number of hydrogen-bond acceptors (Lipinski definition) is 4. The molecule has 0 saturated heterocycles. The summed E-state index contributed by atoms with van der Waals surface area (Å²) >= 11 is 1.33. The Bertz CT molecular complexity index is 664. The fourth-order valence-corrected chi connectivity index (χ4v) is 2.91. The van der Waals surface area contributed by atoms with E-state index in [0.717, 1.165) is 5.56 Å². The van der Waals surface area contributed by atoms with Gasteiger partial charge in [-0.15, -0.1) is 11.3 Å². The molecule has 0 atom stereocenters. The van der Waals surface area contributed by atoms with Gasteiger partial charge in [0.15, 0.2) is 0 Å². The molecule has 1 aromatic carbocycles. The average Bonchev–Trinajstić information content (AvgIpc) is 2.92. The van der Waals surface area contributed by atoms with Crippen LogP contribution in [0.3, 0.4) is 0 Å². The molecule has 2 aromatic rings. The van der Waals surface area contributed by atoms with Crippen molar-refractivity contribution in [1.29, 1.82) is 0 Å². The molecule has 1 aromatic heterocycles. The normalized spacial score (nSPS) is 11.5. The van der Waals surface area contributed by atoms with Crippen LogP contribution in [0.25, 0.3) is 10.6 Å². The van der Waals surface area contributed by atoms with Crippen molar-refractivity contribution in [3.8, 4) is 10.6 Å². The molecule has 0 N–H and O–H groups in total. The Morgan fingerprint density at radius 3 is 2.81 bits per heavy atom. The van der Waals surface area contributed by atoms with E-state index in [2.05, 4.69) is 4.98 Å². The summed E-state index contributed by atoms with van der Waals surface area (Å²) in [6, 6.07) is 4.91. The second-order valence-electron chi connectivity index (χ2n) is 5.37. The van der Waals surface area contributed by atoms with Gasteiger partial charge in [-0.05, 0) is 39.8 Å². The Balaban J connectivity index is 2.38. The maximum Gasteiger partial charge on any atom is 0.317 e. The summed E-state index contributed by atoms with van der Waals surface area (Å²) in [6.07, 6.45) is 0. The summed E-state index contributed by atoms with van der Waals surface area (Å²) in [5.41, 5.74) is 1.19. The molecule has 0 spiro atoms. The summed E-state index contributed by atoms with van der Waals surface area (Å²) < 4.78 is 19.0. The Hall–Kier alpha value is -1.75. The second-order valence-corrected chi connectivity index (χ2v) is 6.22. The molecular weight excluding hydrogens is 289 g/mol. The van der Waals surface area contributed by atoms with E-state index in [4.69, 9.17) is 4.74 Å². The second kappa shape index (κ2) is 5.93. The highest BCUT2D eigenvalue weighted by Crippen LogP contribution is 2.32. The fraction of sp³-hybridized carbons (Fsp3) is 0.375. The van der Waals surface area contributed by atoms with E-state index in [1.165, 1.54) is 17.4 Å². The maximum atomic E-state index is 13.9. The topological polar surface area (TPSA) is 39.2 Å². The van der Waals surface area contributed by atoms with Crippen LogP contribution in [-0.4, -0.2) is 17.6 Å². The zero-order chi connectivity index (χ0) is 15.6. The van der Waals surface area contributed by atoms with Gasteiger partial charge in [0.2, 0.25) is 0 Å². The smallest absolute Gasteiger partial charge is 0.317 e. The Labute approximate surface area is 127 Å². The van der Waals surface area contributed by atoms with Crippen LogP contribution in [0.4, 0.5) is 4.39 Å². The predicted molar refractivity (Wildman–Crippen MR) is 81.9 cm³/mol. The van der Waals surface area contributed by atoms with Gasteiger partial charge in [0.25, 0.3) is 0 Å². The van der Waals surface area contributed by atoms with Crippen LogP contribution in [0.5, 0.6) is 0 Å². The summed E-state index contributed by atoms with van der Waals surface area (Å²) in [5.74, 6) is -0.637. The first-order chi connectivity index (χ1) is 9.86. The third-order valence-corrected chi connectivity index (χ3v) is 4.16. The van der Waals surface area contributed by atoms with E-state index >= 15 is 0 Å². The number of carbonyl (C=O) groups is 1. The molecule has 0 bridgehead atoms. The summed E-state index contributed by atoms with van der Waals surface area (Å²) in [4.78, 5) is 16.4. The molecule has 0 aliphatic heterocycles. The van der Waals surface area contributed by atoms with Crippen LogP contribution < -0.4 is 0 Å². The van der Waals surface area contributed by atoms with Gasteiger partial charge in [0, 0.05) is 10.9 Å². The fourth-order valence-electron chi connectivity index (χ4n) is 1.90. The first-order valence-corrected chi connectivity index (χ1v) is 7.64. The quantitative estimate of drug-likeness (QED) is 0.798. The summed E-state index contributed by atoms with van der Waals surface area (Å²) in [5, 5.41) is 2.36. The zero-order valence-electron chi connectivity index (χ0n) is 12.6. The van der Waals surface area contributed by atoms with E-state index in [1.807, 2.05) is 6.92 Å². The molecule has 0 aliphatic rings. The SMILES string of the molecule is CCOC(=O)C(C)(C)c1csc(-c2cc(C)ccc2F)n1. The molecule has 0 amide bonds. The number of rotatable bonds is 4. The van der Waals surface area contributed by atoms with Gasteiger partial charge in [-0.1, -0.05) is 11.6 Å². The van der Waals surface area contributed by atoms with Gasteiger partial charge in [-0.3, -0.25) is 4.79 Å². The van der Waals surface area contributed by atoms with Crippen LogP contribution in [0, 0.1) is 12.7 Å². The summed E-state index contributed by atoms with van der Waals surface area (Å²) in [7, 11) is 0. The van der Waals surface area contributed by atoms with E-state index in [0.29, 0.717) is 22.9 Å². The number of thiazole rings is 1. The van der Waals surface area contributed by atoms with Crippen molar-refractivity contribution < 1.29 is 13.9 Å². The number of aryl methyl sites for hydroxylation is 1. The van der Waals surface area contributed by atoms with Gasteiger partial charge in [-0.2, -0.15) is 0 Å². The largest absolute Gasteiger partial charge is 0.465 e. The number of halogens is 1. The highest BCUT2D eigenvalue weighted by Gasteiger charge is 2.34. The molecule has 3 nitrogen and oxygen atoms in total. The van der Waals surface area contributed by atoms with E-state index in [-0.39, 0.29) is 11.8 Å². The van der Waals surface area contributed by atoms with Crippen molar-refractivity contribution in [2.45, 2.75) is 33.1 Å². The molecule has 2 rings (SSSR count). The first kappa shape index (κ1) is 15.6. The van der Waals surface area contributed by atoms with Crippen molar-refractivity contribution in [1.82, 2.24) is 4.98 Å². The van der Waals surface area contributed by atoms with Crippen LogP contribution in [-0.2, 0) is 14.9 Å². The van der Waals surface area contributed by atoms with Gasteiger partial charge >= 0.3 is 5.97 Å². The van der Waals surface area contributed by atoms with E-state index in [1.54, 1.807) is 38.3 Å². The Morgan fingerprint density at radius 1 is 1.43 bits per heavy atom. The zero-order valence-corrected chi connectivity index (χ0v) is 13.4. The van der Waals surface area contributed by atoms with Crippen molar-refractivity contribution in [2.75, 3.05) is 6.61 Å². The Kier molecular flexibility index (Phi) is 4.42. The average molecular weight is 307 g/mol. The molecule has 21 heavy (non-hydrogen) atoms. The van der Waals surface area contributed by atoms with Gasteiger partial charge in [0.05, 0.1) is 12.3 Å². The van der Waals surface area contributed by atoms with Crippen LogP contribution in [0.1, 0.15) is 32.0 Å². The highest BCUT2D eigenvalue weighted by molar-refractivity contribution is 7.13. The molecule has 5 heteroatoms. The number of hydrogen-bond donors (Lipinski definition) is 0. The van der Waals surface area contributed by atoms with E-state index in [9.17, 15) is 9.18 Å². The lowest BCUT2D eigenvalue weighted by Crippen LogP contribution is -2.31. The van der Waals surface area contributed by atoms with Crippen LogP contribution in [0.2, 0.25) is 0 Å². The van der Waals surface area contributed by atoms with Gasteiger partial charge in [0.1, 0.15) is 16.2 Å². The minimum atomic E-state index is -0.842. The molecular formula is C16H18FNO2S.